The van der Waals surface area contributed by atoms with Crippen LogP contribution in [0.1, 0.15) is 19.3 Å². The van der Waals surface area contributed by atoms with Gasteiger partial charge in [-0.05, 0) is 44.1 Å². The normalized spacial score (nSPS) is 16.9. The smallest absolute Gasteiger partial charge is 0.128 e. The Balaban J connectivity index is 1.74. The van der Waals surface area contributed by atoms with Gasteiger partial charge in [-0.15, -0.1) is 0 Å². The van der Waals surface area contributed by atoms with Gasteiger partial charge in [-0.3, -0.25) is 0 Å². The van der Waals surface area contributed by atoms with Crippen molar-refractivity contribution in [3.63, 3.8) is 0 Å². The molecule has 1 fully saturated rings. The summed E-state index contributed by atoms with van der Waals surface area (Å²) in [6.45, 7) is 4.75. The first-order valence-corrected chi connectivity index (χ1v) is 7.23. The third kappa shape index (κ3) is 2.61. The van der Waals surface area contributed by atoms with Gasteiger partial charge in [0.2, 0.25) is 0 Å². The molecule has 1 saturated heterocycles. The summed E-state index contributed by atoms with van der Waals surface area (Å²) in [7, 11) is 1.74. The van der Waals surface area contributed by atoms with Gasteiger partial charge in [0.1, 0.15) is 5.75 Å². The standard InChI is InChI=1S/C16H22N2O/c1-19-16-7-5-6-15-14(16)8-11-18(15)13-12-17-9-3-2-4-10-17/h5-8,11H,2-4,9-10,12-13H2,1H3. The van der Waals surface area contributed by atoms with Crippen LogP contribution in [-0.2, 0) is 6.54 Å². The molecule has 0 spiro atoms. The zero-order valence-corrected chi connectivity index (χ0v) is 11.6. The number of nitrogens with zero attached hydrogens (tertiary/aromatic N) is 2. The van der Waals surface area contributed by atoms with Crippen LogP contribution >= 0.6 is 0 Å². The van der Waals surface area contributed by atoms with Crippen LogP contribution < -0.4 is 4.74 Å². The van der Waals surface area contributed by atoms with Crippen molar-refractivity contribution in [2.24, 2.45) is 0 Å². The van der Waals surface area contributed by atoms with E-state index in [0.29, 0.717) is 0 Å². The monoisotopic (exact) mass is 258 g/mol. The number of hydrogen-bond acceptors (Lipinski definition) is 2. The van der Waals surface area contributed by atoms with Gasteiger partial charge in [-0.25, -0.2) is 0 Å². The van der Waals surface area contributed by atoms with Crippen LogP contribution in [0.15, 0.2) is 30.5 Å². The zero-order valence-electron chi connectivity index (χ0n) is 11.6. The zero-order chi connectivity index (χ0) is 13.1. The molecular weight excluding hydrogens is 236 g/mol. The van der Waals surface area contributed by atoms with Crippen LogP contribution in [0.4, 0.5) is 0 Å². The maximum atomic E-state index is 5.41. The summed E-state index contributed by atoms with van der Waals surface area (Å²) in [6, 6.07) is 8.42. The highest BCUT2D eigenvalue weighted by Gasteiger charge is 2.11. The third-order valence-corrected chi connectivity index (χ3v) is 4.10. The lowest BCUT2D eigenvalue weighted by Crippen LogP contribution is -2.32. The maximum absolute atomic E-state index is 5.41. The molecule has 0 N–H and O–H groups in total. The number of methoxy groups -OCH3 is 1. The average Bonchev–Trinajstić information content (AvgIpc) is 2.89. The minimum atomic E-state index is 0.967. The van der Waals surface area contributed by atoms with Gasteiger partial charge in [0.15, 0.2) is 0 Å². The van der Waals surface area contributed by atoms with E-state index in [4.69, 9.17) is 4.74 Å². The number of fused-ring (bicyclic) bond motifs is 1. The Morgan fingerprint density at radius 1 is 1.05 bits per heavy atom. The highest BCUT2D eigenvalue weighted by molar-refractivity contribution is 5.86. The topological polar surface area (TPSA) is 17.4 Å². The molecule has 0 saturated carbocycles. The van der Waals surface area contributed by atoms with Crippen molar-refractivity contribution in [3.8, 4) is 5.75 Å². The van der Waals surface area contributed by atoms with E-state index < -0.39 is 0 Å². The molecule has 0 aliphatic carbocycles. The quantitative estimate of drug-likeness (QED) is 0.838. The number of ether oxygens (including phenoxy) is 1. The molecule has 19 heavy (non-hydrogen) atoms. The van der Waals surface area contributed by atoms with E-state index in [0.717, 1.165) is 18.8 Å². The lowest BCUT2D eigenvalue weighted by atomic mass is 10.1. The Morgan fingerprint density at radius 3 is 2.68 bits per heavy atom. The molecular formula is C16H22N2O. The van der Waals surface area contributed by atoms with E-state index in [-0.39, 0.29) is 0 Å². The molecule has 1 aromatic heterocycles. The van der Waals surface area contributed by atoms with Crippen LogP contribution in [0.5, 0.6) is 5.75 Å². The van der Waals surface area contributed by atoms with Crippen molar-refractivity contribution in [1.29, 1.82) is 0 Å². The van der Waals surface area contributed by atoms with E-state index in [2.05, 4.69) is 33.9 Å². The number of benzene rings is 1. The van der Waals surface area contributed by atoms with Crippen molar-refractivity contribution in [2.75, 3.05) is 26.7 Å². The van der Waals surface area contributed by atoms with Gasteiger partial charge in [0, 0.05) is 24.7 Å². The van der Waals surface area contributed by atoms with E-state index in [1.165, 1.54) is 43.3 Å². The van der Waals surface area contributed by atoms with Crippen LogP contribution in [0.25, 0.3) is 10.9 Å². The maximum Gasteiger partial charge on any atom is 0.128 e. The fourth-order valence-electron chi connectivity index (χ4n) is 3.00. The predicted molar refractivity (Wildman–Crippen MR) is 78.8 cm³/mol. The fourth-order valence-corrected chi connectivity index (χ4v) is 3.00. The molecule has 1 aromatic carbocycles. The number of piperidine rings is 1. The lowest BCUT2D eigenvalue weighted by molar-refractivity contribution is 0.221. The molecule has 0 radical (unpaired) electrons. The second kappa shape index (κ2) is 5.66. The summed E-state index contributed by atoms with van der Waals surface area (Å²) in [5.41, 5.74) is 1.27. The molecule has 0 amide bonds. The molecule has 0 unspecified atom stereocenters. The van der Waals surface area contributed by atoms with E-state index in [9.17, 15) is 0 Å². The van der Waals surface area contributed by atoms with E-state index in [1.807, 2.05) is 6.07 Å². The van der Waals surface area contributed by atoms with Crippen molar-refractivity contribution in [3.05, 3.63) is 30.5 Å². The Labute approximate surface area is 114 Å². The highest BCUT2D eigenvalue weighted by atomic mass is 16.5. The number of hydrogen-bond donors (Lipinski definition) is 0. The Bertz CT molecular complexity index is 541. The van der Waals surface area contributed by atoms with Crippen LogP contribution in [-0.4, -0.2) is 36.2 Å². The average molecular weight is 258 g/mol. The summed E-state index contributed by atoms with van der Waals surface area (Å²) < 4.78 is 7.75. The first-order valence-electron chi connectivity index (χ1n) is 7.23. The van der Waals surface area contributed by atoms with E-state index >= 15 is 0 Å². The molecule has 3 heteroatoms. The largest absolute Gasteiger partial charge is 0.496 e. The van der Waals surface area contributed by atoms with Crippen molar-refractivity contribution in [1.82, 2.24) is 9.47 Å². The Hall–Kier alpha value is -1.48. The van der Waals surface area contributed by atoms with Crippen LogP contribution in [0.3, 0.4) is 0 Å². The van der Waals surface area contributed by atoms with Gasteiger partial charge in [-0.1, -0.05) is 12.5 Å². The molecule has 1 aliphatic heterocycles. The minimum absolute atomic E-state index is 0.967. The second-order valence-corrected chi connectivity index (χ2v) is 5.30. The van der Waals surface area contributed by atoms with Crippen molar-refractivity contribution >= 4 is 10.9 Å². The van der Waals surface area contributed by atoms with Crippen LogP contribution in [0, 0.1) is 0 Å². The lowest BCUT2D eigenvalue weighted by Gasteiger charge is -2.26. The SMILES string of the molecule is COc1cccc2c1ccn2CCN1CCCCC1. The molecule has 3 rings (SSSR count). The van der Waals surface area contributed by atoms with Crippen LogP contribution in [0.2, 0.25) is 0 Å². The molecule has 0 bridgehead atoms. The van der Waals surface area contributed by atoms with Gasteiger partial charge in [0.25, 0.3) is 0 Å². The van der Waals surface area contributed by atoms with Gasteiger partial charge < -0.3 is 14.2 Å². The summed E-state index contributed by atoms with van der Waals surface area (Å²) >= 11 is 0. The van der Waals surface area contributed by atoms with Gasteiger partial charge in [-0.2, -0.15) is 0 Å². The Kier molecular flexibility index (Phi) is 3.74. The fraction of sp³-hybridized carbons (Fsp3) is 0.500. The summed E-state index contributed by atoms with van der Waals surface area (Å²) in [4.78, 5) is 2.58. The molecule has 2 aromatic rings. The third-order valence-electron chi connectivity index (χ3n) is 4.10. The summed E-state index contributed by atoms with van der Waals surface area (Å²) in [6.07, 6.45) is 6.30. The number of aromatic nitrogens is 1. The molecule has 2 heterocycles. The molecule has 0 atom stereocenters. The number of rotatable bonds is 4. The van der Waals surface area contributed by atoms with Crippen molar-refractivity contribution in [2.45, 2.75) is 25.8 Å². The van der Waals surface area contributed by atoms with Crippen molar-refractivity contribution < 1.29 is 4.74 Å². The molecule has 102 valence electrons. The predicted octanol–water partition coefficient (Wildman–Crippen LogP) is 3.14. The van der Waals surface area contributed by atoms with E-state index in [1.54, 1.807) is 7.11 Å². The second-order valence-electron chi connectivity index (χ2n) is 5.30. The summed E-state index contributed by atoms with van der Waals surface area (Å²) in [5.74, 6) is 0.967. The minimum Gasteiger partial charge on any atom is -0.496 e. The number of likely N-dealkylation sites (tertiary alicyclic amines) is 1. The molecule has 1 aliphatic rings. The first kappa shape index (κ1) is 12.5. The van der Waals surface area contributed by atoms with Gasteiger partial charge in [0.05, 0.1) is 12.6 Å². The van der Waals surface area contributed by atoms with Gasteiger partial charge >= 0.3 is 0 Å². The molecule has 3 nitrogen and oxygen atoms in total. The first-order chi connectivity index (χ1) is 9.38. The Morgan fingerprint density at radius 2 is 1.89 bits per heavy atom. The highest BCUT2D eigenvalue weighted by Crippen LogP contribution is 2.26. The summed E-state index contributed by atoms with van der Waals surface area (Å²) in [5, 5.41) is 1.21.